The Morgan fingerprint density at radius 3 is 3.04 bits per heavy atom. The number of hydrogen-bond acceptors (Lipinski definition) is 4. The third kappa shape index (κ3) is 3.87. The summed E-state index contributed by atoms with van der Waals surface area (Å²) in [4.78, 5) is 14.1. The summed E-state index contributed by atoms with van der Waals surface area (Å²) in [7, 11) is 0. The Bertz CT molecular complexity index is 687. The van der Waals surface area contributed by atoms with Crippen molar-refractivity contribution in [2.45, 2.75) is 13.0 Å². The summed E-state index contributed by atoms with van der Waals surface area (Å²) in [6, 6.07) is 8.35. The fraction of sp³-hybridized carbons (Fsp3) is 0.375. The number of nitrogens with zero attached hydrogens (tertiary/aromatic N) is 2. The molecule has 23 heavy (non-hydrogen) atoms. The van der Waals surface area contributed by atoms with Gasteiger partial charge in [-0.05, 0) is 24.9 Å². The number of carbonyl (C=O) groups excluding carboxylic acids is 1. The highest BCUT2D eigenvalue weighted by molar-refractivity contribution is 5.92. The van der Waals surface area contributed by atoms with E-state index >= 15 is 0 Å². The molecule has 4 N–H and O–H groups in total. The van der Waals surface area contributed by atoms with Crippen LogP contribution >= 0.6 is 0 Å². The number of H-pyrrole nitrogens is 1. The smallest absolute Gasteiger partial charge is 0.269 e. The molecule has 1 aliphatic rings. The summed E-state index contributed by atoms with van der Waals surface area (Å²) < 4.78 is 13.7. The van der Waals surface area contributed by atoms with Gasteiger partial charge in [-0.15, -0.1) is 0 Å². The minimum absolute atomic E-state index is 0.166. The second-order valence-corrected chi connectivity index (χ2v) is 5.90. The zero-order valence-corrected chi connectivity index (χ0v) is 12.8. The van der Waals surface area contributed by atoms with Gasteiger partial charge in [-0.1, -0.05) is 18.2 Å². The molecule has 0 unspecified atom stereocenters. The predicted molar refractivity (Wildman–Crippen MR) is 85.1 cm³/mol. The quantitative estimate of drug-likeness (QED) is 0.777. The number of amides is 1. The predicted octanol–water partition coefficient (Wildman–Crippen LogP) is 1.38. The fourth-order valence-electron chi connectivity index (χ4n) is 2.88. The van der Waals surface area contributed by atoms with E-state index in [0.29, 0.717) is 36.1 Å². The van der Waals surface area contributed by atoms with Gasteiger partial charge in [-0.2, -0.15) is 5.10 Å². The molecular formula is C16H20FN5O. The summed E-state index contributed by atoms with van der Waals surface area (Å²) in [5.74, 6) is 0.293. The maximum atomic E-state index is 13.7. The van der Waals surface area contributed by atoms with Gasteiger partial charge in [0.2, 0.25) is 0 Å². The maximum Gasteiger partial charge on any atom is 0.269 e. The number of carbonyl (C=O) groups is 1. The number of halogens is 1. The summed E-state index contributed by atoms with van der Waals surface area (Å²) in [6.07, 6.45) is 0.986. The molecule has 0 bridgehead atoms. The summed E-state index contributed by atoms with van der Waals surface area (Å²) >= 11 is 0. The number of rotatable bonds is 5. The lowest BCUT2D eigenvalue weighted by atomic mass is 10.1. The number of benzene rings is 1. The van der Waals surface area contributed by atoms with Crippen molar-refractivity contribution >= 4 is 11.7 Å². The number of nitrogens with two attached hydrogens (primary N) is 1. The standard InChI is InChI=1S/C16H20FN5O/c17-13-4-2-1-3-12(13)10-22-6-5-11(9-22)8-19-16(23)14-7-15(18)21-20-14/h1-4,7,11H,5-6,8-10H2,(H,19,23)(H3,18,20,21)/t11-/m0/s1. The molecule has 1 saturated heterocycles. The number of aromatic amines is 1. The zero-order valence-electron chi connectivity index (χ0n) is 12.8. The van der Waals surface area contributed by atoms with Crippen molar-refractivity contribution in [3.63, 3.8) is 0 Å². The van der Waals surface area contributed by atoms with E-state index in [1.54, 1.807) is 6.07 Å². The van der Waals surface area contributed by atoms with Crippen LogP contribution in [-0.2, 0) is 6.54 Å². The lowest BCUT2D eigenvalue weighted by Gasteiger charge is -2.16. The van der Waals surface area contributed by atoms with Gasteiger partial charge >= 0.3 is 0 Å². The minimum atomic E-state index is -0.207. The molecule has 2 aromatic rings. The van der Waals surface area contributed by atoms with E-state index in [9.17, 15) is 9.18 Å². The molecule has 1 atom stereocenters. The van der Waals surface area contributed by atoms with Gasteiger partial charge in [0.15, 0.2) is 0 Å². The number of anilines is 1. The van der Waals surface area contributed by atoms with Crippen LogP contribution in [0.2, 0.25) is 0 Å². The molecule has 0 saturated carbocycles. The molecular weight excluding hydrogens is 297 g/mol. The first-order valence-electron chi connectivity index (χ1n) is 7.66. The molecule has 1 aromatic heterocycles. The van der Waals surface area contributed by atoms with E-state index in [4.69, 9.17) is 5.73 Å². The Morgan fingerprint density at radius 1 is 1.48 bits per heavy atom. The Morgan fingerprint density at radius 2 is 2.30 bits per heavy atom. The largest absolute Gasteiger partial charge is 0.382 e. The highest BCUT2D eigenvalue weighted by Crippen LogP contribution is 2.19. The van der Waals surface area contributed by atoms with Crippen LogP contribution in [0.3, 0.4) is 0 Å². The summed E-state index contributed by atoms with van der Waals surface area (Å²) in [5.41, 5.74) is 6.56. The van der Waals surface area contributed by atoms with Crippen LogP contribution < -0.4 is 11.1 Å². The SMILES string of the molecule is Nc1cc(C(=O)NC[C@@H]2CCN(Cc3ccccc3F)C2)[nH]n1. The second kappa shape index (κ2) is 6.78. The van der Waals surface area contributed by atoms with Crippen LogP contribution in [0.25, 0.3) is 0 Å². The van der Waals surface area contributed by atoms with Crippen molar-refractivity contribution < 1.29 is 9.18 Å². The number of nitrogen functional groups attached to an aromatic ring is 1. The average Bonchev–Trinajstić information content (AvgIpc) is 3.16. The zero-order chi connectivity index (χ0) is 16.2. The van der Waals surface area contributed by atoms with Crippen molar-refractivity contribution in [1.29, 1.82) is 0 Å². The summed E-state index contributed by atoms with van der Waals surface area (Å²) in [5, 5.41) is 9.21. The molecule has 0 spiro atoms. The third-order valence-electron chi connectivity index (χ3n) is 4.12. The first-order valence-corrected chi connectivity index (χ1v) is 7.66. The monoisotopic (exact) mass is 317 g/mol. The van der Waals surface area contributed by atoms with E-state index in [1.807, 2.05) is 12.1 Å². The van der Waals surface area contributed by atoms with Crippen molar-refractivity contribution in [1.82, 2.24) is 20.4 Å². The van der Waals surface area contributed by atoms with Crippen molar-refractivity contribution in [2.24, 2.45) is 5.92 Å². The normalized spacial score (nSPS) is 18.2. The van der Waals surface area contributed by atoms with Gasteiger partial charge in [0.1, 0.15) is 17.3 Å². The average molecular weight is 317 g/mol. The van der Waals surface area contributed by atoms with Gasteiger partial charge in [0.05, 0.1) is 0 Å². The first kappa shape index (κ1) is 15.5. The van der Waals surface area contributed by atoms with Crippen LogP contribution in [0.5, 0.6) is 0 Å². The molecule has 0 radical (unpaired) electrons. The van der Waals surface area contributed by atoms with Crippen molar-refractivity contribution in [3.05, 3.63) is 47.4 Å². The molecule has 1 aromatic carbocycles. The highest BCUT2D eigenvalue weighted by Gasteiger charge is 2.23. The first-order chi connectivity index (χ1) is 11.1. The van der Waals surface area contributed by atoms with Crippen LogP contribution in [-0.4, -0.2) is 40.6 Å². The van der Waals surface area contributed by atoms with E-state index < -0.39 is 0 Å². The molecule has 2 heterocycles. The Kier molecular flexibility index (Phi) is 4.57. The second-order valence-electron chi connectivity index (χ2n) is 5.90. The lowest BCUT2D eigenvalue weighted by molar-refractivity contribution is 0.0942. The van der Waals surface area contributed by atoms with Crippen LogP contribution in [0.4, 0.5) is 10.2 Å². The molecule has 1 fully saturated rings. The van der Waals surface area contributed by atoms with Crippen LogP contribution in [0.1, 0.15) is 22.5 Å². The Labute approximate surface area is 133 Å². The van der Waals surface area contributed by atoms with Gasteiger partial charge in [0.25, 0.3) is 5.91 Å². The molecule has 1 aliphatic heterocycles. The number of nitrogens with one attached hydrogen (secondary N) is 2. The maximum absolute atomic E-state index is 13.7. The topological polar surface area (TPSA) is 87.0 Å². The molecule has 3 rings (SSSR count). The molecule has 0 aliphatic carbocycles. The van der Waals surface area contributed by atoms with Crippen LogP contribution in [0, 0.1) is 11.7 Å². The van der Waals surface area contributed by atoms with Gasteiger partial charge in [-0.3, -0.25) is 14.8 Å². The van der Waals surface area contributed by atoms with E-state index in [2.05, 4.69) is 20.4 Å². The van der Waals surface area contributed by atoms with Gasteiger partial charge in [-0.25, -0.2) is 4.39 Å². The Hall–Kier alpha value is -2.41. The lowest BCUT2D eigenvalue weighted by Crippen LogP contribution is -2.31. The van der Waals surface area contributed by atoms with Crippen molar-refractivity contribution in [2.75, 3.05) is 25.4 Å². The van der Waals surface area contributed by atoms with Gasteiger partial charge in [0, 0.05) is 31.3 Å². The van der Waals surface area contributed by atoms with Crippen LogP contribution in [0.15, 0.2) is 30.3 Å². The van der Waals surface area contributed by atoms with Gasteiger partial charge < -0.3 is 11.1 Å². The highest BCUT2D eigenvalue weighted by atomic mass is 19.1. The number of aromatic nitrogens is 2. The molecule has 122 valence electrons. The minimum Gasteiger partial charge on any atom is -0.382 e. The molecule has 6 nitrogen and oxygen atoms in total. The Balaban J connectivity index is 1.47. The molecule has 7 heteroatoms. The number of likely N-dealkylation sites (tertiary alicyclic amines) is 1. The third-order valence-corrected chi connectivity index (χ3v) is 4.12. The number of hydrogen-bond donors (Lipinski definition) is 3. The molecule has 1 amide bonds. The van der Waals surface area contributed by atoms with Crippen molar-refractivity contribution in [3.8, 4) is 0 Å². The van der Waals surface area contributed by atoms with E-state index in [1.165, 1.54) is 12.1 Å². The summed E-state index contributed by atoms with van der Waals surface area (Å²) in [6.45, 7) is 2.95. The van der Waals surface area contributed by atoms with E-state index in [0.717, 1.165) is 19.5 Å². The van der Waals surface area contributed by atoms with E-state index in [-0.39, 0.29) is 11.7 Å². The fourth-order valence-corrected chi connectivity index (χ4v) is 2.88.